The van der Waals surface area contributed by atoms with Crippen molar-refractivity contribution in [3.63, 3.8) is 0 Å². The van der Waals surface area contributed by atoms with Crippen LogP contribution in [0.4, 0.5) is 15.3 Å². The lowest BCUT2D eigenvalue weighted by Crippen LogP contribution is -2.41. The molecule has 0 bridgehead atoms. The number of nitrogens with one attached hydrogen (secondary N) is 2. The minimum absolute atomic E-state index is 0.0458. The molecule has 0 spiro atoms. The summed E-state index contributed by atoms with van der Waals surface area (Å²) in [5.74, 6) is -0.462. The smallest absolute Gasteiger partial charge is 0.407 e. The van der Waals surface area contributed by atoms with Gasteiger partial charge in [0.15, 0.2) is 0 Å². The van der Waals surface area contributed by atoms with E-state index in [4.69, 9.17) is 9.84 Å². The van der Waals surface area contributed by atoms with E-state index in [1.807, 2.05) is 36.4 Å². The number of aliphatic hydroxyl groups is 1. The van der Waals surface area contributed by atoms with Crippen molar-refractivity contribution < 1.29 is 24.2 Å². The molecule has 0 saturated heterocycles. The Labute approximate surface area is 209 Å². The summed E-state index contributed by atoms with van der Waals surface area (Å²) in [6.45, 7) is 2.02. The normalized spacial score (nSPS) is 11.8. The second-order valence-electron chi connectivity index (χ2n) is 8.43. The standard InChI is InChI=1S/C28H29N3O5/c1-2-31(27(34)30-20-13-11-19(17-32)12-14-20)26(33)15-16-29-28(35)36-18-25-23-9-5-3-7-21(23)22-8-4-6-10-24(22)25/h3-14,25,32H,2,15-18H2,1H3,(H,29,35)(H,30,34). The first-order valence-corrected chi connectivity index (χ1v) is 11.9. The van der Waals surface area contributed by atoms with Gasteiger partial charge < -0.3 is 20.5 Å². The Balaban J connectivity index is 1.25. The van der Waals surface area contributed by atoms with E-state index in [1.54, 1.807) is 31.2 Å². The van der Waals surface area contributed by atoms with Crippen LogP contribution in [0.15, 0.2) is 72.8 Å². The van der Waals surface area contributed by atoms with Gasteiger partial charge in [0, 0.05) is 31.1 Å². The number of urea groups is 1. The van der Waals surface area contributed by atoms with Crippen LogP contribution >= 0.6 is 0 Å². The van der Waals surface area contributed by atoms with Crippen LogP contribution in [-0.2, 0) is 16.1 Å². The molecule has 0 radical (unpaired) electrons. The van der Waals surface area contributed by atoms with Gasteiger partial charge >= 0.3 is 12.1 Å². The minimum Gasteiger partial charge on any atom is -0.449 e. The Kier molecular flexibility index (Phi) is 7.97. The first-order valence-electron chi connectivity index (χ1n) is 11.9. The monoisotopic (exact) mass is 487 g/mol. The fraction of sp³-hybridized carbons (Fsp3) is 0.250. The van der Waals surface area contributed by atoms with Crippen LogP contribution in [-0.4, -0.2) is 47.7 Å². The number of rotatable bonds is 8. The average Bonchev–Trinajstić information content (AvgIpc) is 3.22. The van der Waals surface area contributed by atoms with E-state index >= 15 is 0 Å². The Hall–Kier alpha value is -4.17. The van der Waals surface area contributed by atoms with Crippen LogP contribution in [0.2, 0.25) is 0 Å². The second kappa shape index (κ2) is 11.5. The van der Waals surface area contributed by atoms with Gasteiger partial charge in [0.1, 0.15) is 6.61 Å². The van der Waals surface area contributed by atoms with Crippen molar-refractivity contribution in [2.45, 2.75) is 25.9 Å². The van der Waals surface area contributed by atoms with E-state index in [2.05, 4.69) is 22.8 Å². The van der Waals surface area contributed by atoms with E-state index in [-0.39, 0.29) is 38.6 Å². The lowest BCUT2D eigenvalue weighted by molar-refractivity contribution is -0.127. The Morgan fingerprint density at radius 3 is 2.11 bits per heavy atom. The van der Waals surface area contributed by atoms with Gasteiger partial charge in [-0.25, -0.2) is 9.59 Å². The van der Waals surface area contributed by atoms with Crippen molar-refractivity contribution in [3.05, 3.63) is 89.5 Å². The highest BCUT2D eigenvalue weighted by atomic mass is 16.5. The fourth-order valence-corrected chi connectivity index (χ4v) is 4.37. The van der Waals surface area contributed by atoms with Crippen LogP contribution in [0.25, 0.3) is 11.1 Å². The van der Waals surface area contributed by atoms with E-state index < -0.39 is 18.0 Å². The van der Waals surface area contributed by atoms with Gasteiger partial charge in [0.05, 0.1) is 6.61 Å². The number of imide groups is 1. The summed E-state index contributed by atoms with van der Waals surface area (Å²) < 4.78 is 5.48. The second-order valence-corrected chi connectivity index (χ2v) is 8.43. The number of anilines is 1. The van der Waals surface area contributed by atoms with Crippen LogP contribution < -0.4 is 10.6 Å². The molecular formula is C28H29N3O5. The summed E-state index contributed by atoms with van der Waals surface area (Å²) in [6, 6.07) is 22.3. The number of amides is 4. The first-order chi connectivity index (χ1) is 17.5. The maximum atomic E-state index is 12.6. The number of benzene rings is 3. The van der Waals surface area contributed by atoms with Crippen LogP contribution in [0.1, 0.15) is 36.0 Å². The molecule has 1 aliphatic rings. The number of carbonyl (C=O) groups excluding carboxylic acids is 3. The molecule has 0 unspecified atom stereocenters. The molecule has 4 rings (SSSR count). The highest BCUT2D eigenvalue weighted by Crippen LogP contribution is 2.44. The summed E-state index contributed by atoms with van der Waals surface area (Å²) >= 11 is 0. The number of alkyl carbamates (subject to hydrolysis) is 1. The predicted octanol–water partition coefficient (Wildman–Crippen LogP) is 4.49. The van der Waals surface area contributed by atoms with Gasteiger partial charge in [-0.2, -0.15) is 0 Å². The van der Waals surface area contributed by atoms with Crippen LogP contribution in [0.5, 0.6) is 0 Å². The third-order valence-corrected chi connectivity index (χ3v) is 6.20. The van der Waals surface area contributed by atoms with Gasteiger partial charge in [-0.05, 0) is 46.9 Å². The molecule has 8 heteroatoms. The van der Waals surface area contributed by atoms with E-state index in [1.165, 1.54) is 0 Å². The van der Waals surface area contributed by atoms with Crippen molar-refractivity contribution in [2.24, 2.45) is 0 Å². The first kappa shape index (κ1) is 24.9. The number of carbonyl (C=O) groups is 3. The van der Waals surface area contributed by atoms with Crippen LogP contribution in [0.3, 0.4) is 0 Å². The number of nitrogens with zero attached hydrogens (tertiary/aromatic N) is 1. The van der Waals surface area contributed by atoms with E-state index in [9.17, 15) is 14.4 Å². The van der Waals surface area contributed by atoms with Crippen molar-refractivity contribution in [1.29, 1.82) is 0 Å². The fourth-order valence-electron chi connectivity index (χ4n) is 4.37. The summed E-state index contributed by atoms with van der Waals surface area (Å²) in [5, 5.41) is 14.4. The molecule has 0 saturated carbocycles. The Morgan fingerprint density at radius 1 is 0.917 bits per heavy atom. The van der Waals surface area contributed by atoms with Gasteiger partial charge in [-0.3, -0.25) is 9.69 Å². The minimum atomic E-state index is -0.610. The van der Waals surface area contributed by atoms with Crippen LogP contribution in [0, 0.1) is 0 Å². The van der Waals surface area contributed by atoms with Gasteiger partial charge in [0.25, 0.3) is 0 Å². The third-order valence-electron chi connectivity index (χ3n) is 6.20. The molecule has 0 heterocycles. The molecule has 0 fully saturated rings. The maximum Gasteiger partial charge on any atom is 0.407 e. The number of ether oxygens (including phenoxy) is 1. The Morgan fingerprint density at radius 2 is 1.53 bits per heavy atom. The number of fused-ring (bicyclic) bond motifs is 3. The zero-order chi connectivity index (χ0) is 25.5. The molecule has 0 atom stereocenters. The molecule has 8 nitrogen and oxygen atoms in total. The molecular weight excluding hydrogens is 458 g/mol. The van der Waals surface area contributed by atoms with Crippen molar-refractivity contribution in [1.82, 2.24) is 10.2 Å². The summed E-state index contributed by atoms with van der Waals surface area (Å²) in [6.07, 6.45) is -0.657. The number of aliphatic hydroxyl groups excluding tert-OH is 1. The van der Waals surface area contributed by atoms with E-state index in [0.717, 1.165) is 32.7 Å². The highest BCUT2D eigenvalue weighted by molar-refractivity contribution is 6.01. The summed E-state index contributed by atoms with van der Waals surface area (Å²) in [5.41, 5.74) is 5.77. The molecule has 3 aromatic rings. The highest BCUT2D eigenvalue weighted by Gasteiger charge is 2.29. The van der Waals surface area contributed by atoms with Crippen molar-refractivity contribution in [3.8, 4) is 11.1 Å². The van der Waals surface area contributed by atoms with Crippen molar-refractivity contribution in [2.75, 3.05) is 25.0 Å². The lowest BCUT2D eigenvalue weighted by Gasteiger charge is -2.20. The van der Waals surface area contributed by atoms with Gasteiger partial charge in [-0.1, -0.05) is 60.7 Å². The Bertz CT molecular complexity index is 1200. The number of hydrogen-bond acceptors (Lipinski definition) is 5. The quantitative estimate of drug-likeness (QED) is 0.434. The SMILES string of the molecule is CCN(C(=O)CCNC(=O)OCC1c2ccccc2-c2ccccc21)C(=O)Nc1ccc(CO)cc1. The predicted molar refractivity (Wildman–Crippen MR) is 136 cm³/mol. The zero-order valence-electron chi connectivity index (χ0n) is 20.1. The molecule has 0 aliphatic heterocycles. The third kappa shape index (κ3) is 5.55. The summed E-state index contributed by atoms with van der Waals surface area (Å²) in [4.78, 5) is 38.5. The lowest BCUT2D eigenvalue weighted by atomic mass is 9.98. The molecule has 1 aliphatic carbocycles. The molecule has 3 N–H and O–H groups in total. The van der Waals surface area contributed by atoms with Crippen molar-refractivity contribution >= 4 is 23.7 Å². The van der Waals surface area contributed by atoms with Gasteiger partial charge in [-0.15, -0.1) is 0 Å². The molecule has 3 aromatic carbocycles. The molecule has 0 aromatic heterocycles. The summed E-state index contributed by atoms with van der Waals surface area (Å²) in [7, 11) is 0. The molecule has 36 heavy (non-hydrogen) atoms. The van der Waals surface area contributed by atoms with E-state index in [0.29, 0.717) is 5.69 Å². The number of hydrogen-bond donors (Lipinski definition) is 3. The average molecular weight is 488 g/mol. The molecule has 4 amide bonds. The topological polar surface area (TPSA) is 108 Å². The maximum absolute atomic E-state index is 12.6. The zero-order valence-corrected chi connectivity index (χ0v) is 20.1. The largest absolute Gasteiger partial charge is 0.449 e. The van der Waals surface area contributed by atoms with Gasteiger partial charge in [0.2, 0.25) is 5.91 Å². The molecule has 186 valence electrons.